The highest BCUT2D eigenvalue weighted by Crippen LogP contribution is 2.25. The Kier molecular flexibility index (Phi) is 6.12. The lowest BCUT2D eigenvalue weighted by molar-refractivity contribution is 0.581. The van der Waals surface area contributed by atoms with E-state index in [9.17, 15) is 8.42 Å². The summed E-state index contributed by atoms with van der Waals surface area (Å²) in [5.74, 6) is 0.336. The van der Waals surface area contributed by atoms with E-state index >= 15 is 0 Å². The van der Waals surface area contributed by atoms with Crippen LogP contribution in [-0.4, -0.2) is 29.7 Å². The molecule has 3 rings (SSSR count). The highest BCUT2D eigenvalue weighted by atomic mass is 35.5. The van der Waals surface area contributed by atoms with E-state index < -0.39 is 9.84 Å². The summed E-state index contributed by atoms with van der Waals surface area (Å²) in [6.45, 7) is 6.69. The number of hydrogen-bond acceptors (Lipinski definition) is 5. The van der Waals surface area contributed by atoms with E-state index in [0.29, 0.717) is 35.1 Å². The van der Waals surface area contributed by atoms with Gasteiger partial charge in [-0.05, 0) is 47.4 Å². The minimum absolute atomic E-state index is 0.00326. The molecule has 0 fully saturated rings. The molecule has 2 N–H and O–H groups in total. The van der Waals surface area contributed by atoms with Gasteiger partial charge in [0.15, 0.2) is 0 Å². The fourth-order valence-electron chi connectivity index (χ4n) is 3.03. The molecule has 0 atom stereocenters. The number of rotatable bonds is 6. The van der Waals surface area contributed by atoms with Gasteiger partial charge in [0.05, 0.1) is 5.75 Å². The fourth-order valence-corrected chi connectivity index (χ4v) is 4.57. The minimum atomic E-state index is -3.73. The second-order valence-corrected chi connectivity index (χ2v) is 10.3. The number of benzene rings is 2. The number of halogens is 1. The van der Waals surface area contributed by atoms with Crippen LogP contribution in [0.4, 0.5) is 0 Å². The summed E-state index contributed by atoms with van der Waals surface area (Å²) in [5.41, 5.74) is 8.15. The standard InChI is InChI=1S/C21H25ClN4O2S/c1-21(2,3)16-6-4-15(5-7-16)14-29(27,28)20-25-24-19(12-13-23)26(20)18-10-8-17(22)9-11-18/h4-11H,12-14,23H2,1-3H3. The van der Waals surface area contributed by atoms with E-state index in [2.05, 4.69) is 31.0 Å². The van der Waals surface area contributed by atoms with Gasteiger partial charge in [0, 0.05) is 17.1 Å². The van der Waals surface area contributed by atoms with E-state index in [0.717, 1.165) is 5.56 Å². The third-order valence-corrected chi connectivity index (χ3v) is 6.39. The zero-order valence-electron chi connectivity index (χ0n) is 16.8. The van der Waals surface area contributed by atoms with Gasteiger partial charge in [-0.3, -0.25) is 4.57 Å². The molecule has 0 aliphatic carbocycles. The van der Waals surface area contributed by atoms with Crippen molar-refractivity contribution in [3.05, 3.63) is 70.5 Å². The summed E-state index contributed by atoms with van der Waals surface area (Å²) in [4.78, 5) is 0. The number of nitrogens with zero attached hydrogens (tertiary/aromatic N) is 3. The van der Waals surface area contributed by atoms with Gasteiger partial charge < -0.3 is 5.73 Å². The van der Waals surface area contributed by atoms with Crippen molar-refractivity contribution in [3.8, 4) is 5.69 Å². The molecule has 1 heterocycles. The highest BCUT2D eigenvalue weighted by Gasteiger charge is 2.26. The molecule has 6 nitrogen and oxygen atoms in total. The van der Waals surface area contributed by atoms with Crippen molar-refractivity contribution in [1.29, 1.82) is 0 Å². The molecule has 29 heavy (non-hydrogen) atoms. The first-order chi connectivity index (χ1) is 13.6. The Morgan fingerprint density at radius 3 is 2.17 bits per heavy atom. The second kappa shape index (κ2) is 8.26. The third kappa shape index (κ3) is 4.86. The molecular weight excluding hydrogens is 408 g/mol. The van der Waals surface area contributed by atoms with Gasteiger partial charge in [-0.15, -0.1) is 10.2 Å². The maximum Gasteiger partial charge on any atom is 0.254 e. The van der Waals surface area contributed by atoms with Gasteiger partial charge in [0.2, 0.25) is 9.84 Å². The highest BCUT2D eigenvalue weighted by molar-refractivity contribution is 7.90. The SMILES string of the molecule is CC(C)(C)c1ccc(CS(=O)(=O)c2nnc(CCN)n2-c2ccc(Cl)cc2)cc1. The van der Waals surface area contributed by atoms with E-state index in [1.165, 1.54) is 0 Å². The van der Waals surface area contributed by atoms with E-state index in [1.807, 2.05) is 24.3 Å². The van der Waals surface area contributed by atoms with Crippen molar-refractivity contribution in [2.45, 2.75) is 43.5 Å². The van der Waals surface area contributed by atoms with Crippen LogP contribution in [0.15, 0.2) is 53.7 Å². The van der Waals surface area contributed by atoms with Crippen LogP contribution < -0.4 is 5.73 Å². The van der Waals surface area contributed by atoms with Crippen molar-refractivity contribution in [1.82, 2.24) is 14.8 Å². The van der Waals surface area contributed by atoms with Crippen LogP contribution in [0.3, 0.4) is 0 Å². The lowest BCUT2D eigenvalue weighted by atomic mass is 9.87. The zero-order chi connectivity index (χ0) is 21.2. The number of aromatic nitrogens is 3. The molecule has 2 aromatic carbocycles. The largest absolute Gasteiger partial charge is 0.330 e. The number of hydrogen-bond donors (Lipinski definition) is 1. The van der Waals surface area contributed by atoms with Crippen LogP contribution in [0.2, 0.25) is 5.02 Å². The topological polar surface area (TPSA) is 90.9 Å². The van der Waals surface area contributed by atoms with Gasteiger partial charge >= 0.3 is 0 Å². The first-order valence-electron chi connectivity index (χ1n) is 9.34. The smallest absolute Gasteiger partial charge is 0.254 e. The Balaban J connectivity index is 1.99. The first-order valence-corrected chi connectivity index (χ1v) is 11.4. The minimum Gasteiger partial charge on any atom is -0.330 e. The van der Waals surface area contributed by atoms with Crippen molar-refractivity contribution in [2.24, 2.45) is 5.73 Å². The van der Waals surface area contributed by atoms with Crippen LogP contribution in [-0.2, 0) is 27.4 Å². The van der Waals surface area contributed by atoms with Crippen molar-refractivity contribution in [3.63, 3.8) is 0 Å². The summed E-state index contributed by atoms with van der Waals surface area (Å²) in [7, 11) is -3.73. The Bertz CT molecular complexity index is 1080. The van der Waals surface area contributed by atoms with Crippen molar-refractivity contribution < 1.29 is 8.42 Å². The van der Waals surface area contributed by atoms with Gasteiger partial charge in [-0.1, -0.05) is 56.6 Å². The zero-order valence-corrected chi connectivity index (χ0v) is 18.3. The molecule has 0 bridgehead atoms. The maximum absolute atomic E-state index is 13.2. The van der Waals surface area contributed by atoms with Gasteiger partial charge in [0.25, 0.3) is 5.16 Å². The molecule has 0 saturated carbocycles. The molecule has 154 valence electrons. The van der Waals surface area contributed by atoms with Crippen LogP contribution in [0.1, 0.15) is 37.7 Å². The van der Waals surface area contributed by atoms with Gasteiger partial charge in [-0.2, -0.15) is 0 Å². The van der Waals surface area contributed by atoms with Gasteiger partial charge in [0.1, 0.15) is 5.82 Å². The first kappa shape index (κ1) is 21.5. The molecular formula is C21H25ClN4O2S. The number of sulfone groups is 1. The third-order valence-electron chi connectivity index (χ3n) is 4.61. The van der Waals surface area contributed by atoms with Crippen LogP contribution in [0.5, 0.6) is 0 Å². The normalized spacial score (nSPS) is 12.3. The molecule has 0 radical (unpaired) electrons. The Morgan fingerprint density at radius 2 is 1.62 bits per heavy atom. The molecule has 0 spiro atoms. The predicted octanol–water partition coefficient (Wildman–Crippen LogP) is 3.69. The molecule has 0 saturated heterocycles. The summed E-state index contributed by atoms with van der Waals surface area (Å²) < 4.78 is 27.9. The summed E-state index contributed by atoms with van der Waals surface area (Å²) >= 11 is 5.98. The fraction of sp³-hybridized carbons (Fsp3) is 0.333. The molecule has 0 amide bonds. The van der Waals surface area contributed by atoms with Crippen LogP contribution in [0.25, 0.3) is 5.69 Å². The molecule has 0 aliphatic rings. The van der Waals surface area contributed by atoms with Crippen molar-refractivity contribution >= 4 is 21.4 Å². The molecule has 3 aromatic rings. The monoisotopic (exact) mass is 432 g/mol. The van der Waals surface area contributed by atoms with Crippen LogP contribution >= 0.6 is 11.6 Å². The van der Waals surface area contributed by atoms with Crippen molar-refractivity contribution in [2.75, 3.05) is 6.54 Å². The summed E-state index contributed by atoms with van der Waals surface area (Å²) in [6.07, 6.45) is 0.408. The average Bonchev–Trinajstić information content (AvgIpc) is 3.07. The molecule has 8 heteroatoms. The van der Waals surface area contributed by atoms with E-state index in [-0.39, 0.29) is 16.3 Å². The maximum atomic E-state index is 13.2. The quantitative estimate of drug-likeness (QED) is 0.641. The summed E-state index contributed by atoms with van der Waals surface area (Å²) in [5, 5.41) is 8.54. The Hall–Kier alpha value is -2.22. The second-order valence-electron chi connectivity index (χ2n) is 7.96. The van der Waals surface area contributed by atoms with Crippen LogP contribution in [0, 0.1) is 0 Å². The van der Waals surface area contributed by atoms with Gasteiger partial charge in [-0.25, -0.2) is 8.42 Å². The lowest BCUT2D eigenvalue weighted by Gasteiger charge is -2.19. The number of nitrogens with two attached hydrogens (primary N) is 1. The lowest BCUT2D eigenvalue weighted by Crippen LogP contribution is -2.15. The molecule has 0 unspecified atom stereocenters. The molecule has 0 aliphatic heterocycles. The summed E-state index contributed by atoms with van der Waals surface area (Å²) in [6, 6.07) is 14.5. The van der Waals surface area contributed by atoms with E-state index in [4.69, 9.17) is 17.3 Å². The Labute approximate surface area is 176 Å². The van der Waals surface area contributed by atoms with E-state index in [1.54, 1.807) is 28.8 Å². The predicted molar refractivity (Wildman–Crippen MR) is 115 cm³/mol. The molecule has 1 aromatic heterocycles. The Morgan fingerprint density at radius 1 is 1.00 bits per heavy atom. The average molecular weight is 433 g/mol.